The van der Waals surface area contributed by atoms with Crippen LogP contribution in [0.1, 0.15) is 18.1 Å². The molecule has 0 atom stereocenters. The van der Waals surface area contributed by atoms with Crippen LogP contribution in [-0.4, -0.2) is 11.7 Å². The Morgan fingerprint density at radius 3 is 2.23 bits per heavy atom. The van der Waals surface area contributed by atoms with E-state index < -0.39 is 46.3 Å². The van der Waals surface area contributed by atoms with E-state index in [1.54, 1.807) is 0 Å². The molecule has 0 bridgehead atoms. The zero-order valence-electron chi connectivity index (χ0n) is 13.3. The van der Waals surface area contributed by atoms with Crippen LogP contribution in [0.2, 0.25) is 0 Å². The van der Waals surface area contributed by atoms with Gasteiger partial charge in [0.25, 0.3) is 5.91 Å². The fourth-order valence-electron chi connectivity index (χ4n) is 2.12. The molecular formula is C18H12F5NO2. The first-order valence-corrected chi connectivity index (χ1v) is 7.25. The van der Waals surface area contributed by atoms with Crippen LogP contribution in [0, 0.1) is 11.6 Å². The maximum absolute atomic E-state index is 13.2. The minimum absolute atomic E-state index is 0.00774. The molecule has 0 spiro atoms. The third-order valence-corrected chi connectivity index (χ3v) is 3.36. The van der Waals surface area contributed by atoms with Gasteiger partial charge in [-0.2, -0.15) is 13.2 Å². The number of rotatable bonds is 4. The highest BCUT2D eigenvalue weighted by Gasteiger charge is 2.33. The van der Waals surface area contributed by atoms with Gasteiger partial charge >= 0.3 is 6.18 Å². The molecule has 1 N–H and O–H groups in total. The van der Waals surface area contributed by atoms with Crippen molar-refractivity contribution in [3.63, 3.8) is 0 Å². The Balaban J connectivity index is 2.38. The van der Waals surface area contributed by atoms with Gasteiger partial charge in [-0.15, -0.1) is 0 Å². The van der Waals surface area contributed by atoms with Gasteiger partial charge in [-0.1, -0.05) is 18.2 Å². The van der Waals surface area contributed by atoms with Gasteiger partial charge in [0.1, 0.15) is 0 Å². The first-order valence-electron chi connectivity index (χ1n) is 7.25. The molecule has 2 aromatic carbocycles. The second kappa shape index (κ2) is 7.47. The molecule has 0 saturated carbocycles. The Bertz CT molecular complexity index is 887. The number of anilines is 1. The predicted molar refractivity (Wildman–Crippen MR) is 85.1 cm³/mol. The van der Waals surface area contributed by atoms with Crippen LogP contribution in [0.25, 0.3) is 6.08 Å². The fraction of sp³-hybridized carbons (Fsp3) is 0.111. The number of para-hydroxylation sites is 1. The van der Waals surface area contributed by atoms with Gasteiger partial charge in [-0.3, -0.25) is 9.59 Å². The van der Waals surface area contributed by atoms with Crippen molar-refractivity contribution in [3.05, 3.63) is 70.8 Å². The number of ketones is 1. The van der Waals surface area contributed by atoms with E-state index in [1.807, 2.05) is 5.32 Å². The second-order valence-corrected chi connectivity index (χ2v) is 5.29. The molecule has 0 radical (unpaired) electrons. The van der Waals surface area contributed by atoms with E-state index in [4.69, 9.17) is 0 Å². The summed E-state index contributed by atoms with van der Waals surface area (Å²) in [5, 5.41) is 2.03. The van der Waals surface area contributed by atoms with Crippen molar-refractivity contribution in [2.45, 2.75) is 13.1 Å². The molecule has 0 aliphatic carbocycles. The van der Waals surface area contributed by atoms with Crippen LogP contribution in [0.3, 0.4) is 0 Å². The molecule has 26 heavy (non-hydrogen) atoms. The molecule has 8 heteroatoms. The van der Waals surface area contributed by atoms with Gasteiger partial charge in [0.15, 0.2) is 17.4 Å². The largest absolute Gasteiger partial charge is 0.418 e. The number of carbonyl (C=O) groups is 2. The zero-order valence-corrected chi connectivity index (χ0v) is 13.3. The molecule has 2 aromatic rings. The SMILES string of the molecule is CC(=O)/C(=C\c1ccc(F)c(F)c1)C(=O)Nc1ccccc1C(F)(F)F. The van der Waals surface area contributed by atoms with Crippen molar-refractivity contribution < 1.29 is 31.5 Å². The maximum atomic E-state index is 13.2. The van der Waals surface area contributed by atoms with Crippen LogP contribution in [0.15, 0.2) is 48.0 Å². The second-order valence-electron chi connectivity index (χ2n) is 5.29. The van der Waals surface area contributed by atoms with E-state index in [0.717, 1.165) is 49.4 Å². The van der Waals surface area contributed by atoms with Crippen LogP contribution in [0.4, 0.5) is 27.6 Å². The summed E-state index contributed by atoms with van der Waals surface area (Å²) in [6.07, 6.45) is -3.74. The van der Waals surface area contributed by atoms with Crippen molar-refractivity contribution in [1.82, 2.24) is 0 Å². The average molecular weight is 369 g/mol. The number of halogens is 5. The summed E-state index contributed by atoms with van der Waals surface area (Å²) in [6, 6.07) is 6.94. The van der Waals surface area contributed by atoms with Crippen molar-refractivity contribution >= 4 is 23.5 Å². The third-order valence-electron chi connectivity index (χ3n) is 3.36. The smallest absolute Gasteiger partial charge is 0.321 e. The molecule has 0 fully saturated rings. The lowest BCUT2D eigenvalue weighted by Gasteiger charge is -2.14. The van der Waals surface area contributed by atoms with Gasteiger partial charge in [-0.05, 0) is 42.8 Å². The molecule has 0 aromatic heterocycles. The summed E-state index contributed by atoms with van der Waals surface area (Å²) < 4.78 is 65.1. The predicted octanol–water partition coefficient (Wildman–Crippen LogP) is 4.59. The van der Waals surface area contributed by atoms with E-state index in [2.05, 4.69) is 0 Å². The molecular weight excluding hydrogens is 357 g/mol. The Hall–Kier alpha value is -3.03. The monoisotopic (exact) mass is 369 g/mol. The molecule has 0 heterocycles. The number of hydrogen-bond donors (Lipinski definition) is 1. The molecule has 0 saturated heterocycles. The number of hydrogen-bond acceptors (Lipinski definition) is 2. The maximum Gasteiger partial charge on any atom is 0.418 e. The molecule has 0 aliphatic rings. The lowest BCUT2D eigenvalue weighted by atomic mass is 10.1. The highest BCUT2D eigenvalue weighted by molar-refractivity contribution is 6.25. The number of carbonyl (C=O) groups excluding carboxylic acids is 2. The third kappa shape index (κ3) is 4.53. The van der Waals surface area contributed by atoms with Gasteiger partial charge in [0.05, 0.1) is 16.8 Å². The van der Waals surface area contributed by atoms with Gasteiger partial charge in [0.2, 0.25) is 0 Å². The zero-order chi connectivity index (χ0) is 19.5. The van der Waals surface area contributed by atoms with Gasteiger partial charge in [-0.25, -0.2) is 8.78 Å². The van der Waals surface area contributed by atoms with E-state index >= 15 is 0 Å². The lowest BCUT2D eigenvalue weighted by Crippen LogP contribution is -2.21. The van der Waals surface area contributed by atoms with Crippen LogP contribution >= 0.6 is 0 Å². The molecule has 3 nitrogen and oxygen atoms in total. The number of benzene rings is 2. The van der Waals surface area contributed by atoms with Crippen molar-refractivity contribution in [2.24, 2.45) is 0 Å². The number of alkyl halides is 3. The van der Waals surface area contributed by atoms with Crippen molar-refractivity contribution in [2.75, 3.05) is 5.32 Å². The van der Waals surface area contributed by atoms with E-state index in [1.165, 1.54) is 6.07 Å². The fourth-order valence-corrected chi connectivity index (χ4v) is 2.12. The molecule has 136 valence electrons. The molecule has 0 aliphatic heterocycles. The highest BCUT2D eigenvalue weighted by Crippen LogP contribution is 2.34. The summed E-state index contributed by atoms with van der Waals surface area (Å²) in [6.45, 7) is 1.03. The Labute approximate surface area is 145 Å². The van der Waals surface area contributed by atoms with E-state index in [9.17, 15) is 31.5 Å². The van der Waals surface area contributed by atoms with Crippen LogP contribution < -0.4 is 5.32 Å². The Kier molecular flexibility index (Phi) is 5.54. The van der Waals surface area contributed by atoms with E-state index in [-0.39, 0.29) is 5.56 Å². The summed E-state index contributed by atoms with van der Waals surface area (Å²) in [5.74, 6) is -4.16. The first kappa shape index (κ1) is 19.3. The Morgan fingerprint density at radius 2 is 1.65 bits per heavy atom. The van der Waals surface area contributed by atoms with Crippen LogP contribution in [0.5, 0.6) is 0 Å². The first-order chi connectivity index (χ1) is 12.1. The van der Waals surface area contributed by atoms with Gasteiger partial charge < -0.3 is 5.32 Å². The normalized spacial score (nSPS) is 12.0. The molecule has 2 rings (SSSR count). The minimum Gasteiger partial charge on any atom is -0.321 e. The van der Waals surface area contributed by atoms with Gasteiger partial charge in [0, 0.05) is 0 Å². The lowest BCUT2D eigenvalue weighted by molar-refractivity contribution is -0.137. The Morgan fingerprint density at radius 1 is 1.00 bits per heavy atom. The topological polar surface area (TPSA) is 46.2 Å². The average Bonchev–Trinajstić information content (AvgIpc) is 2.55. The minimum atomic E-state index is -4.70. The highest BCUT2D eigenvalue weighted by atomic mass is 19.4. The molecule has 0 unspecified atom stereocenters. The number of amides is 1. The molecule has 1 amide bonds. The summed E-state index contributed by atoms with van der Waals surface area (Å²) in [7, 11) is 0. The number of nitrogens with one attached hydrogen (secondary N) is 1. The summed E-state index contributed by atoms with van der Waals surface area (Å²) >= 11 is 0. The quantitative estimate of drug-likeness (QED) is 0.371. The van der Waals surface area contributed by atoms with Crippen molar-refractivity contribution in [1.29, 1.82) is 0 Å². The summed E-state index contributed by atoms with van der Waals surface area (Å²) in [4.78, 5) is 23.9. The van der Waals surface area contributed by atoms with E-state index in [0.29, 0.717) is 0 Å². The van der Waals surface area contributed by atoms with Crippen molar-refractivity contribution in [3.8, 4) is 0 Å². The van der Waals surface area contributed by atoms with Crippen LogP contribution in [-0.2, 0) is 15.8 Å². The number of Topliss-reactive ketones (excluding diaryl/α,β-unsaturated/α-hetero) is 1. The summed E-state index contributed by atoms with van der Waals surface area (Å²) in [5.41, 5.74) is -2.10. The standard InChI is InChI=1S/C18H12F5NO2/c1-10(25)12(8-11-6-7-14(19)15(20)9-11)17(26)24-16-5-3-2-4-13(16)18(21,22)23/h2-9H,1H3,(H,24,26)/b12-8+.